The largest absolute Gasteiger partial charge is 0.417 e. The first-order valence-corrected chi connectivity index (χ1v) is 5.08. The van der Waals surface area contributed by atoms with Crippen molar-refractivity contribution in [2.45, 2.75) is 13.1 Å². The zero-order chi connectivity index (χ0) is 12.5. The highest BCUT2D eigenvalue weighted by Gasteiger charge is 2.30. The standard InChI is InChI=1S/C13H10F3N/c1-9-4-2-3-5-11(9)12-7-6-10(8-17-12)13(14,15)16/h2-8H,1H3. The fourth-order valence-corrected chi connectivity index (χ4v) is 1.58. The molecule has 0 aliphatic carbocycles. The number of benzene rings is 1. The molecule has 0 aliphatic heterocycles. The Bertz CT molecular complexity index is 515. The Morgan fingerprint density at radius 2 is 1.71 bits per heavy atom. The van der Waals surface area contributed by atoms with E-state index in [1.807, 2.05) is 31.2 Å². The van der Waals surface area contributed by atoms with Gasteiger partial charge in [-0.3, -0.25) is 4.98 Å². The third-order valence-electron chi connectivity index (χ3n) is 2.51. The molecule has 0 aliphatic rings. The number of hydrogen-bond donors (Lipinski definition) is 0. The molecule has 0 atom stereocenters. The molecule has 0 unspecified atom stereocenters. The molecule has 0 bridgehead atoms. The molecule has 4 heteroatoms. The molecular weight excluding hydrogens is 227 g/mol. The van der Waals surface area contributed by atoms with E-state index in [0.717, 1.165) is 23.4 Å². The quantitative estimate of drug-likeness (QED) is 0.728. The van der Waals surface area contributed by atoms with Crippen LogP contribution in [-0.2, 0) is 6.18 Å². The molecule has 88 valence electrons. The van der Waals surface area contributed by atoms with E-state index in [2.05, 4.69) is 4.98 Å². The maximum absolute atomic E-state index is 12.4. The van der Waals surface area contributed by atoms with Crippen LogP contribution in [0.2, 0.25) is 0 Å². The van der Waals surface area contributed by atoms with Gasteiger partial charge in [0.05, 0.1) is 11.3 Å². The van der Waals surface area contributed by atoms with E-state index in [-0.39, 0.29) is 0 Å². The van der Waals surface area contributed by atoms with Gasteiger partial charge in [-0.25, -0.2) is 0 Å². The second kappa shape index (κ2) is 4.20. The van der Waals surface area contributed by atoms with Crippen molar-refractivity contribution in [3.63, 3.8) is 0 Å². The van der Waals surface area contributed by atoms with Crippen LogP contribution in [-0.4, -0.2) is 4.98 Å². The van der Waals surface area contributed by atoms with Gasteiger partial charge < -0.3 is 0 Å². The van der Waals surface area contributed by atoms with Crippen LogP contribution in [0.25, 0.3) is 11.3 Å². The maximum Gasteiger partial charge on any atom is 0.417 e. The Morgan fingerprint density at radius 1 is 1.00 bits per heavy atom. The summed E-state index contributed by atoms with van der Waals surface area (Å²) >= 11 is 0. The Balaban J connectivity index is 2.40. The minimum atomic E-state index is -4.34. The van der Waals surface area contributed by atoms with Crippen molar-refractivity contribution in [3.05, 3.63) is 53.7 Å². The predicted molar refractivity (Wildman–Crippen MR) is 59.4 cm³/mol. The molecular formula is C13H10F3N. The molecule has 0 N–H and O–H groups in total. The summed E-state index contributed by atoms with van der Waals surface area (Å²) in [6.07, 6.45) is -3.47. The summed E-state index contributed by atoms with van der Waals surface area (Å²) in [6.45, 7) is 1.90. The molecule has 0 saturated carbocycles. The number of halogens is 3. The summed E-state index contributed by atoms with van der Waals surface area (Å²) in [7, 11) is 0. The Kier molecular flexibility index (Phi) is 2.88. The fourth-order valence-electron chi connectivity index (χ4n) is 1.58. The van der Waals surface area contributed by atoms with E-state index < -0.39 is 11.7 Å². The lowest BCUT2D eigenvalue weighted by molar-refractivity contribution is -0.137. The number of aryl methyl sites for hydroxylation is 1. The van der Waals surface area contributed by atoms with Crippen LogP contribution in [0, 0.1) is 6.92 Å². The lowest BCUT2D eigenvalue weighted by Gasteiger charge is -2.08. The van der Waals surface area contributed by atoms with E-state index in [4.69, 9.17) is 0 Å². The van der Waals surface area contributed by atoms with Crippen LogP contribution in [0.1, 0.15) is 11.1 Å². The minimum absolute atomic E-state index is 0.552. The summed E-state index contributed by atoms with van der Waals surface area (Å²) in [5, 5.41) is 0. The molecule has 0 saturated heterocycles. The first kappa shape index (κ1) is 11.6. The molecule has 0 spiro atoms. The van der Waals surface area contributed by atoms with Crippen LogP contribution in [0.5, 0.6) is 0 Å². The first-order chi connectivity index (χ1) is 7.98. The van der Waals surface area contributed by atoms with Crippen molar-refractivity contribution in [3.8, 4) is 11.3 Å². The summed E-state index contributed by atoms with van der Waals surface area (Å²) in [6, 6.07) is 9.89. The first-order valence-electron chi connectivity index (χ1n) is 5.08. The Labute approximate surface area is 96.9 Å². The van der Waals surface area contributed by atoms with Gasteiger partial charge in [0.1, 0.15) is 0 Å². The van der Waals surface area contributed by atoms with Crippen LogP contribution in [0.15, 0.2) is 42.6 Å². The number of alkyl halides is 3. The predicted octanol–water partition coefficient (Wildman–Crippen LogP) is 4.08. The highest BCUT2D eigenvalue weighted by molar-refractivity contribution is 5.63. The molecule has 1 aromatic heterocycles. The highest BCUT2D eigenvalue weighted by atomic mass is 19.4. The molecule has 1 nitrogen and oxygen atoms in total. The highest BCUT2D eigenvalue weighted by Crippen LogP contribution is 2.30. The molecule has 1 heterocycles. The SMILES string of the molecule is Cc1ccccc1-c1ccc(C(F)(F)F)cn1. The third-order valence-corrected chi connectivity index (χ3v) is 2.51. The van der Waals surface area contributed by atoms with Crippen LogP contribution >= 0.6 is 0 Å². The van der Waals surface area contributed by atoms with E-state index in [1.54, 1.807) is 0 Å². The topological polar surface area (TPSA) is 12.9 Å². The lowest BCUT2D eigenvalue weighted by atomic mass is 10.0. The molecule has 0 radical (unpaired) electrons. The van der Waals surface area contributed by atoms with Crippen molar-refractivity contribution in [2.75, 3.05) is 0 Å². The van der Waals surface area contributed by atoms with Gasteiger partial charge in [-0.2, -0.15) is 13.2 Å². The summed E-state index contributed by atoms with van der Waals surface area (Å²) in [5.74, 6) is 0. The van der Waals surface area contributed by atoms with E-state index in [1.165, 1.54) is 6.07 Å². The summed E-state index contributed by atoms with van der Waals surface area (Å²) in [5.41, 5.74) is 1.66. The average Bonchev–Trinajstić information content (AvgIpc) is 2.29. The van der Waals surface area contributed by atoms with Crippen molar-refractivity contribution in [2.24, 2.45) is 0 Å². The maximum atomic E-state index is 12.4. The van der Waals surface area contributed by atoms with Crippen molar-refractivity contribution >= 4 is 0 Å². The Hall–Kier alpha value is -1.84. The lowest BCUT2D eigenvalue weighted by Crippen LogP contribution is -2.05. The Morgan fingerprint density at radius 3 is 2.24 bits per heavy atom. The van der Waals surface area contributed by atoms with Crippen molar-refractivity contribution in [1.82, 2.24) is 4.98 Å². The molecule has 0 amide bonds. The summed E-state index contributed by atoms with van der Waals surface area (Å²) < 4.78 is 37.1. The van der Waals surface area contributed by atoms with Gasteiger partial charge in [0, 0.05) is 11.8 Å². The van der Waals surface area contributed by atoms with Gasteiger partial charge in [0.25, 0.3) is 0 Å². The van der Waals surface area contributed by atoms with E-state index >= 15 is 0 Å². The van der Waals surface area contributed by atoms with Gasteiger partial charge >= 0.3 is 6.18 Å². The average molecular weight is 237 g/mol. The number of rotatable bonds is 1. The van der Waals surface area contributed by atoms with Gasteiger partial charge in [-0.1, -0.05) is 24.3 Å². The van der Waals surface area contributed by atoms with Crippen LogP contribution < -0.4 is 0 Å². The monoisotopic (exact) mass is 237 g/mol. The number of pyridine rings is 1. The van der Waals surface area contributed by atoms with Gasteiger partial charge in [0.15, 0.2) is 0 Å². The van der Waals surface area contributed by atoms with Gasteiger partial charge in [0.2, 0.25) is 0 Å². The smallest absolute Gasteiger partial charge is 0.256 e. The second-order valence-electron chi connectivity index (χ2n) is 3.74. The van der Waals surface area contributed by atoms with Crippen molar-refractivity contribution < 1.29 is 13.2 Å². The van der Waals surface area contributed by atoms with Gasteiger partial charge in [-0.05, 0) is 24.6 Å². The number of nitrogens with zero attached hydrogens (tertiary/aromatic N) is 1. The fraction of sp³-hybridized carbons (Fsp3) is 0.154. The van der Waals surface area contributed by atoms with Crippen molar-refractivity contribution in [1.29, 1.82) is 0 Å². The molecule has 0 fully saturated rings. The van der Waals surface area contributed by atoms with Crippen LogP contribution in [0.3, 0.4) is 0 Å². The number of hydrogen-bond acceptors (Lipinski definition) is 1. The van der Waals surface area contributed by atoms with E-state index in [9.17, 15) is 13.2 Å². The summed E-state index contributed by atoms with van der Waals surface area (Å²) in [4.78, 5) is 3.86. The molecule has 17 heavy (non-hydrogen) atoms. The molecule has 2 aromatic rings. The van der Waals surface area contributed by atoms with Crippen LogP contribution in [0.4, 0.5) is 13.2 Å². The minimum Gasteiger partial charge on any atom is -0.256 e. The zero-order valence-corrected chi connectivity index (χ0v) is 9.12. The normalized spacial score (nSPS) is 11.5. The second-order valence-corrected chi connectivity index (χ2v) is 3.74. The number of aromatic nitrogens is 1. The molecule has 2 rings (SSSR count). The third kappa shape index (κ3) is 2.46. The molecule has 1 aromatic carbocycles. The zero-order valence-electron chi connectivity index (χ0n) is 9.12. The van der Waals surface area contributed by atoms with E-state index in [0.29, 0.717) is 5.69 Å². The van der Waals surface area contributed by atoms with Gasteiger partial charge in [-0.15, -0.1) is 0 Å².